The van der Waals surface area contributed by atoms with Crippen LogP contribution in [-0.2, 0) is 19.6 Å². The minimum atomic E-state index is -0.338. The number of hydrogen-bond acceptors (Lipinski definition) is 5. The van der Waals surface area contributed by atoms with Crippen LogP contribution in [0.2, 0.25) is 0 Å². The number of hydrogen-bond donors (Lipinski definition) is 3. The molecule has 1 radical (unpaired) electrons. The Balaban J connectivity index is 1.99. The molecule has 6 heteroatoms. The molecule has 3 aromatic carbocycles. The predicted molar refractivity (Wildman–Crippen MR) is 113 cm³/mol. The summed E-state index contributed by atoms with van der Waals surface area (Å²) in [6.07, 6.45) is 0. The van der Waals surface area contributed by atoms with Crippen LogP contribution >= 0.6 is 0 Å². The Morgan fingerprint density at radius 1 is 0.931 bits per heavy atom. The van der Waals surface area contributed by atoms with Crippen molar-refractivity contribution in [2.45, 2.75) is 19.6 Å². The van der Waals surface area contributed by atoms with Gasteiger partial charge in [0.05, 0.1) is 14.2 Å². The van der Waals surface area contributed by atoms with Crippen molar-refractivity contribution in [2.75, 3.05) is 19.5 Å². The maximum Gasteiger partial charge on any atom is 0.124 e. The lowest BCUT2D eigenvalue weighted by Crippen LogP contribution is -2.10. The number of rotatable bonds is 8. The fourth-order valence-corrected chi connectivity index (χ4v) is 3.27. The lowest BCUT2D eigenvalue weighted by Gasteiger charge is -2.18. The number of nitrogens with two attached hydrogens (primary N) is 2. The van der Waals surface area contributed by atoms with Gasteiger partial charge in [-0.2, -0.15) is 0 Å². The van der Waals surface area contributed by atoms with Gasteiger partial charge in [0.1, 0.15) is 17.3 Å². The largest absolute Gasteiger partial charge is 0.497 e. The van der Waals surface area contributed by atoms with Crippen molar-refractivity contribution in [1.82, 2.24) is 0 Å². The summed E-state index contributed by atoms with van der Waals surface area (Å²) >= 11 is 0. The molecule has 0 aromatic heterocycles. The maximum absolute atomic E-state index is 14.5. The van der Waals surface area contributed by atoms with Crippen LogP contribution in [0.4, 0.5) is 10.1 Å². The SMILES string of the molecule is COc1ccc(NCc2cc(F)cc(-c3cc(OC)c[c]c3CN)c2CN)cc1. The molecule has 0 atom stereocenters. The summed E-state index contributed by atoms with van der Waals surface area (Å²) in [7, 11) is 3.20. The second-order valence-electron chi connectivity index (χ2n) is 6.51. The van der Waals surface area contributed by atoms with Gasteiger partial charge >= 0.3 is 0 Å². The summed E-state index contributed by atoms with van der Waals surface area (Å²) in [6.45, 7) is 0.963. The molecule has 5 N–H and O–H groups in total. The first-order chi connectivity index (χ1) is 14.1. The molecule has 3 aromatic rings. The summed E-state index contributed by atoms with van der Waals surface area (Å²) in [5.41, 5.74) is 16.7. The van der Waals surface area contributed by atoms with E-state index in [9.17, 15) is 4.39 Å². The Hall–Kier alpha value is -3.09. The summed E-state index contributed by atoms with van der Waals surface area (Å²) in [5, 5.41) is 3.31. The summed E-state index contributed by atoms with van der Waals surface area (Å²) in [6, 6.07) is 17.2. The molecule has 0 heterocycles. The molecular formula is C23H25FN3O2. The number of halogens is 1. The molecule has 0 amide bonds. The highest BCUT2D eigenvalue weighted by molar-refractivity contribution is 5.73. The molecular weight excluding hydrogens is 369 g/mol. The average molecular weight is 394 g/mol. The molecule has 0 spiro atoms. The third kappa shape index (κ3) is 4.67. The summed E-state index contributed by atoms with van der Waals surface area (Å²) < 4.78 is 25.0. The standard InChI is InChI=1S/C23H25FN3O2/c1-28-19-7-4-18(5-8-19)27-14-16-9-17(24)10-22(23(16)13-26)21-11-20(29-2)6-3-15(21)12-25/h4-11,27H,12-14,25-26H2,1-2H3. The van der Waals surface area contributed by atoms with Crippen LogP contribution in [0.15, 0.2) is 48.5 Å². The van der Waals surface area contributed by atoms with Crippen molar-refractivity contribution in [3.63, 3.8) is 0 Å². The van der Waals surface area contributed by atoms with Gasteiger partial charge in [0.25, 0.3) is 0 Å². The van der Waals surface area contributed by atoms with Crippen molar-refractivity contribution >= 4 is 5.69 Å². The van der Waals surface area contributed by atoms with E-state index < -0.39 is 0 Å². The van der Waals surface area contributed by atoms with Crippen LogP contribution in [-0.4, -0.2) is 14.2 Å². The van der Waals surface area contributed by atoms with E-state index in [-0.39, 0.29) is 18.9 Å². The number of ether oxygens (including phenoxy) is 2. The fraction of sp³-hybridized carbons (Fsp3) is 0.217. The zero-order valence-electron chi connectivity index (χ0n) is 16.6. The van der Waals surface area contributed by atoms with Crippen LogP contribution in [0.3, 0.4) is 0 Å². The van der Waals surface area contributed by atoms with E-state index in [1.807, 2.05) is 30.3 Å². The first-order valence-corrected chi connectivity index (χ1v) is 9.28. The average Bonchev–Trinajstić information content (AvgIpc) is 2.77. The molecule has 0 saturated carbocycles. The Morgan fingerprint density at radius 2 is 1.66 bits per heavy atom. The van der Waals surface area contributed by atoms with E-state index in [1.165, 1.54) is 12.1 Å². The van der Waals surface area contributed by atoms with Gasteiger partial charge in [-0.1, -0.05) is 0 Å². The topological polar surface area (TPSA) is 82.5 Å². The highest BCUT2D eigenvalue weighted by Crippen LogP contribution is 2.33. The van der Waals surface area contributed by atoms with E-state index in [4.69, 9.17) is 20.9 Å². The van der Waals surface area contributed by atoms with Crippen LogP contribution in [0.25, 0.3) is 11.1 Å². The zero-order chi connectivity index (χ0) is 20.8. The Labute approximate surface area is 170 Å². The number of benzene rings is 3. The quantitative estimate of drug-likeness (QED) is 0.541. The lowest BCUT2D eigenvalue weighted by atomic mass is 9.91. The Bertz CT molecular complexity index is 975. The molecule has 29 heavy (non-hydrogen) atoms. The zero-order valence-corrected chi connectivity index (χ0v) is 16.6. The summed E-state index contributed by atoms with van der Waals surface area (Å²) in [4.78, 5) is 0. The molecule has 0 saturated heterocycles. The van der Waals surface area contributed by atoms with Gasteiger partial charge < -0.3 is 26.3 Å². The molecule has 5 nitrogen and oxygen atoms in total. The van der Waals surface area contributed by atoms with E-state index in [0.717, 1.165) is 33.7 Å². The van der Waals surface area contributed by atoms with Gasteiger partial charge in [0.2, 0.25) is 0 Å². The normalized spacial score (nSPS) is 10.7. The second kappa shape index (κ2) is 9.41. The Morgan fingerprint density at radius 3 is 2.28 bits per heavy atom. The molecule has 0 aliphatic rings. The van der Waals surface area contributed by atoms with Crippen LogP contribution in [0.1, 0.15) is 16.7 Å². The predicted octanol–water partition coefficient (Wildman–Crippen LogP) is 3.84. The molecule has 0 aliphatic heterocycles. The molecule has 3 rings (SSSR count). The number of anilines is 1. The lowest BCUT2D eigenvalue weighted by molar-refractivity contribution is 0.414. The van der Waals surface area contributed by atoms with Crippen molar-refractivity contribution in [1.29, 1.82) is 0 Å². The fourth-order valence-electron chi connectivity index (χ4n) is 3.27. The van der Waals surface area contributed by atoms with E-state index in [2.05, 4.69) is 11.4 Å². The van der Waals surface area contributed by atoms with Gasteiger partial charge in [-0.15, -0.1) is 0 Å². The summed E-state index contributed by atoms with van der Waals surface area (Å²) in [5.74, 6) is 1.06. The maximum atomic E-state index is 14.5. The second-order valence-corrected chi connectivity index (χ2v) is 6.51. The highest BCUT2D eigenvalue weighted by Gasteiger charge is 2.15. The van der Waals surface area contributed by atoms with E-state index >= 15 is 0 Å². The van der Waals surface area contributed by atoms with Crippen molar-refractivity contribution in [3.8, 4) is 22.6 Å². The van der Waals surface area contributed by atoms with E-state index in [1.54, 1.807) is 20.3 Å². The highest BCUT2D eigenvalue weighted by atomic mass is 19.1. The first kappa shape index (κ1) is 20.6. The third-order valence-electron chi connectivity index (χ3n) is 4.81. The van der Waals surface area contributed by atoms with Crippen molar-refractivity contribution in [3.05, 3.63) is 77.1 Å². The van der Waals surface area contributed by atoms with Gasteiger partial charge in [0.15, 0.2) is 0 Å². The van der Waals surface area contributed by atoms with Crippen LogP contribution in [0.5, 0.6) is 11.5 Å². The Kier molecular flexibility index (Phi) is 6.69. The minimum Gasteiger partial charge on any atom is -0.497 e. The van der Waals surface area contributed by atoms with Gasteiger partial charge in [-0.25, -0.2) is 4.39 Å². The van der Waals surface area contributed by atoms with Gasteiger partial charge in [-0.05, 0) is 82.4 Å². The van der Waals surface area contributed by atoms with Crippen molar-refractivity contribution in [2.24, 2.45) is 11.5 Å². The smallest absolute Gasteiger partial charge is 0.124 e. The molecule has 0 fully saturated rings. The van der Waals surface area contributed by atoms with Gasteiger partial charge in [-0.3, -0.25) is 0 Å². The molecule has 0 aliphatic carbocycles. The van der Waals surface area contributed by atoms with Crippen LogP contribution < -0.4 is 26.3 Å². The third-order valence-corrected chi connectivity index (χ3v) is 4.81. The van der Waals surface area contributed by atoms with E-state index in [0.29, 0.717) is 17.9 Å². The molecule has 151 valence electrons. The monoisotopic (exact) mass is 394 g/mol. The number of methoxy groups -OCH3 is 2. The molecule has 0 unspecified atom stereocenters. The number of nitrogens with one attached hydrogen (secondary N) is 1. The van der Waals surface area contributed by atoms with Crippen molar-refractivity contribution < 1.29 is 13.9 Å². The molecule has 0 bridgehead atoms. The van der Waals surface area contributed by atoms with Gasteiger partial charge in [0, 0.05) is 25.3 Å². The minimum absolute atomic E-state index is 0.260. The van der Waals surface area contributed by atoms with Crippen LogP contribution in [0, 0.1) is 11.9 Å². The first-order valence-electron chi connectivity index (χ1n) is 9.28.